The first kappa shape index (κ1) is 50.7. The molecule has 0 spiro atoms. The number of nitrogens with two attached hydrogens (primary N) is 1. The van der Waals surface area contributed by atoms with Crippen molar-refractivity contribution in [2.24, 2.45) is 12.9 Å². The van der Waals surface area contributed by atoms with Gasteiger partial charge in [-0.15, -0.1) is 0 Å². The first-order valence-electron chi connectivity index (χ1n) is 24.6. The predicted molar refractivity (Wildman–Crippen MR) is 298 cm³/mol. The molecule has 0 aliphatic carbocycles. The molecule has 0 saturated heterocycles. The van der Waals surface area contributed by atoms with Gasteiger partial charge in [0, 0.05) is 34.7 Å². The van der Waals surface area contributed by atoms with E-state index in [-0.39, 0.29) is 0 Å². The van der Waals surface area contributed by atoms with Crippen LogP contribution in [0.25, 0.3) is 21.8 Å². The maximum atomic E-state index is 6.66. The number of aromatic nitrogens is 1. The summed E-state index contributed by atoms with van der Waals surface area (Å²) in [5.74, 6) is 8.69. The monoisotopic (exact) mass is 929 g/mol. The molecule has 2 aliphatic heterocycles. The van der Waals surface area contributed by atoms with Crippen molar-refractivity contribution in [2.45, 2.75) is 176 Å². The van der Waals surface area contributed by atoms with Gasteiger partial charge in [0.2, 0.25) is 0 Å². The molecule has 3 heterocycles. The van der Waals surface area contributed by atoms with E-state index in [1.54, 1.807) is 0 Å². The molecule has 0 amide bonds. The van der Waals surface area contributed by atoms with E-state index in [2.05, 4.69) is 190 Å². The number of aryl methyl sites for hydroxylation is 5. The lowest BCUT2D eigenvalue weighted by Gasteiger charge is -2.36. The third-order valence-electron chi connectivity index (χ3n) is 18.2. The van der Waals surface area contributed by atoms with Gasteiger partial charge in [0.1, 0.15) is 0 Å². The van der Waals surface area contributed by atoms with Crippen molar-refractivity contribution in [1.82, 2.24) is 4.57 Å². The van der Waals surface area contributed by atoms with E-state index in [1.807, 2.05) is 16.8 Å². The molecule has 1 aromatic heterocycles. The lowest BCUT2D eigenvalue weighted by molar-refractivity contribution is 0.465. The molecule has 0 radical (unpaired) electrons. The van der Waals surface area contributed by atoms with Gasteiger partial charge in [-0.05, 0) is 300 Å². The molecule has 68 heavy (non-hydrogen) atoms. The summed E-state index contributed by atoms with van der Waals surface area (Å²) in [7, 11) is 4.40. The highest BCUT2D eigenvalue weighted by Gasteiger charge is 2.33. The summed E-state index contributed by atoms with van der Waals surface area (Å²) in [6.45, 7) is 53.3. The predicted octanol–water partition coefficient (Wildman–Crippen LogP) is 17.5. The summed E-state index contributed by atoms with van der Waals surface area (Å²) >= 11 is 1.89. The van der Waals surface area contributed by atoms with Gasteiger partial charge in [-0.1, -0.05) is 11.8 Å². The summed E-state index contributed by atoms with van der Waals surface area (Å²) in [5, 5.41) is 4.86. The molecule has 0 atom stereocenters. The van der Waals surface area contributed by atoms with E-state index >= 15 is 0 Å². The van der Waals surface area contributed by atoms with Crippen molar-refractivity contribution in [3.63, 3.8) is 0 Å². The summed E-state index contributed by atoms with van der Waals surface area (Å²) in [5.41, 5.74) is 40.3. The molecule has 6 heteroatoms. The minimum Gasteiger partial charge on any atom is -0.452 e. The van der Waals surface area contributed by atoms with Gasteiger partial charge in [-0.25, -0.2) is 5.84 Å². The molecule has 0 fully saturated rings. The number of hydrogen-bond donors (Lipinski definition) is 1. The van der Waals surface area contributed by atoms with Crippen molar-refractivity contribution >= 4 is 56.3 Å². The Balaban J connectivity index is 0.000000151. The van der Waals surface area contributed by atoms with Gasteiger partial charge >= 0.3 is 0 Å². The van der Waals surface area contributed by atoms with Crippen LogP contribution in [0, 0.1) is 166 Å². The Hall–Kier alpha value is -5.17. The second-order valence-corrected chi connectivity index (χ2v) is 21.9. The summed E-state index contributed by atoms with van der Waals surface area (Å²) in [4.78, 5) is 4.95. The second kappa shape index (κ2) is 17.7. The first-order chi connectivity index (χ1) is 31.6. The smallest absolute Gasteiger partial charge is 0.154 e. The highest BCUT2D eigenvalue weighted by molar-refractivity contribution is 7.99. The van der Waals surface area contributed by atoms with E-state index < -0.39 is 0 Å². The van der Waals surface area contributed by atoms with Crippen LogP contribution in [0.15, 0.2) is 9.79 Å². The Morgan fingerprint density at radius 2 is 0.544 bits per heavy atom. The van der Waals surface area contributed by atoms with Gasteiger partial charge in [-0.3, -0.25) is 5.01 Å². The molecule has 0 saturated carbocycles. The van der Waals surface area contributed by atoms with Crippen LogP contribution in [0.3, 0.4) is 0 Å². The van der Waals surface area contributed by atoms with Crippen LogP contribution in [0.2, 0.25) is 0 Å². The van der Waals surface area contributed by atoms with Crippen LogP contribution in [-0.2, 0) is 7.05 Å². The zero-order chi connectivity index (χ0) is 50.9. The van der Waals surface area contributed by atoms with Crippen molar-refractivity contribution < 1.29 is 4.74 Å². The second-order valence-electron chi connectivity index (χ2n) is 20.9. The van der Waals surface area contributed by atoms with Crippen LogP contribution in [-0.4, -0.2) is 11.6 Å². The Morgan fingerprint density at radius 3 is 0.868 bits per heavy atom. The van der Waals surface area contributed by atoms with Gasteiger partial charge < -0.3 is 14.2 Å². The maximum absolute atomic E-state index is 6.66. The summed E-state index contributed by atoms with van der Waals surface area (Å²) in [6, 6.07) is 0. The van der Waals surface area contributed by atoms with Crippen LogP contribution < -0.4 is 20.5 Å². The number of fused-ring (bicyclic) bond motifs is 7. The topological polar surface area (TPSA) is 46.7 Å². The number of hydrogen-bond acceptors (Lipinski definition) is 5. The van der Waals surface area contributed by atoms with Crippen LogP contribution in [0.4, 0.5) is 22.7 Å². The number of ether oxygens (including phenoxy) is 1. The molecule has 2 N–H and O–H groups in total. The fraction of sp³-hybridized carbons (Fsp3) is 0.419. The van der Waals surface area contributed by atoms with Gasteiger partial charge in [-0.2, -0.15) is 0 Å². The number of hydrazine groups is 1. The minimum atomic E-state index is 1.02. The molecule has 6 aromatic carbocycles. The van der Waals surface area contributed by atoms with E-state index in [1.165, 1.54) is 188 Å². The zero-order valence-electron chi connectivity index (χ0n) is 46.7. The molecular formula is C62H80N4OS. The van der Waals surface area contributed by atoms with E-state index in [0.29, 0.717) is 0 Å². The van der Waals surface area contributed by atoms with Gasteiger partial charge in [0.25, 0.3) is 0 Å². The van der Waals surface area contributed by atoms with Crippen molar-refractivity contribution in [3.8, 4) is 11.5 Å². The molecule has 0 unspecified atom stereocenters. The Bertz CT molecular complexity index is 3000. The SMILES string of the molecule is Cc1c(C)c(C)c2c(c1C)Oc1c(C)c(C)c(C)c(C)c1N2C.Cc1c(C)c(C)c2c(c1C)Sc1c(C)c(C)c(C)c(C)c1N2N.Cc1c(C)c(C)c2c(c1C)c1c(C)c(C)c(C)c(C)c1n2C. The Labute approximate surface area is 414 Å². The number of nitrogens with zero attached hydrogens (tertiary/aromatic N) is 3. The fourth-order valence-corrected chi connectivity index (χ4v) is 13.0. The molecule has 0 bridgehead atoms. The molecule has 360 valence electrons. The lowest BCUT2D eigenvalue weighted by Crippen LogP contribution is -2.31. The van der Waals surface area contributed by atoms with Crippen LogP contribution >= 0.6 is 11.8 Å². The summed E-state index contributed by atoms with van der Waals surface area (Å²) in [6.07, 6.45) is 0. The minimum absolute atomic E-state index is 1.02. The molecular weight excluding hydrogens is 849 g/mol. The molecule has 9 rings (SSSR count). The average Bonchev–Trinajstić information content (AvgIpc) is 3.63. The third-order valence-corrected chi connectivity index (χ3v) is 19.6. The highest BCUT2D eigenvalue weighted by atomic mass is 32.2. The number of rotatable bonds is 0. The standard InChI is InChI=1S/C21H27NO.C21H27N.C20H26N2S/c1-10-12(3)16(7)20-18(14(10)5)22(9)19-15(6)11(2)13(4)17(8)21(19)23-20;1-10-12(3)16(7)20-18(14(10)5)19-15(6)11(2)13(4)17(8)21(19)22(20)9;1-9-11(3)15(7)19-17(13(9)5)22(21)18-14(6)10(2)12(4)16(8)20(18)23-19/h1-9H3;1-9H3;21H2,1-8H3. The first-order valence-corrected chi connectivity index (χ1v) is 25.4. The molecule has 7 aromatic rings. The van der Waals surface area contributed by atoms with Crippen LogP contribution in [0.5, 0.6) is 11.5 Å². The number of anilines is 4. The largest absolute Gasteiger partial charge is 0.452 e. The normalized spacial score (nSPS) is 12.6. The van der Waals surface area contributed by atoms with Gasteiger partial charge in [0.05, 0.1) is 33.8 Å². The van der Waals surface area contributed by atoms with E-state index in [9.17, 15) is 0 Å². The molecule has 2 aliphatic rings. The van der Waals surface area contributed by atoms with E-state index in [4.69, 9.17) is 10.6 Å². The third kappa shape index (κ3) is 7.12. The zero-order valence-corrected chi connectivity index (χ0v) is 47.6. The quantitative estimate of drug-likeness (QED) is 0.154. The molecule has 5 nitrogen and oxygen atoms in total. The fourth-order valence-electron chi connectivity index (χ4n) is 11.5. The maximum Gasteiger partial charge on any atom is 0.154 e. The van der Waals surface area contributed by atoms with Crippen molar-refractivity contribution in [1.29, 1.82) is 0 Å². The van der Waals surface area contributed by atoms with Crippen molar-refractivity contribution in [3.05, 3.63) is 134 Å². The number of benzene rings is 6. The lowest BCUT2D eigenvalue weighted by atomic mass is 9.90. The Kier molecular flexibility index (Phi) is 13.2. The summed E-state index contributed by atoms with van der Waals surface area (Å²) < 4.78 is 8.93. The van der Waals surface area contributed by atoms with E-state index in [0.717, 1.165) is 11.5 Å². The van der Waals surface area contributed by atoms with Crippen LogP contribution in [0.1, 0.15) is 134 Å². The van der Waals surface area contributed by atoms with Gasteiger partial charge in [0.15, 0.2) is 11.5 Å². The Morgan fingerprint density at radius 1 is 0.294 bits per heavy atom. The highest BCUT2D eigenvalue weighted by Crippen LogP contribution is 2.56. The average molecular weight is 929 g/mol. The van der Waals surface area contributed by atoms with Crippen molar-refractivity contribution in [2.75, 3.05) is 17.0 Å².